The van der Waals surface area contributed by atoms with E-state index in [0.717, 1.165) is 4.68 Å². The molecule has 0 aliphatic heterocycles. The molecule has 2 heterocycles. The summed E-state index contributed by atoms with van der Waals surface area (Å²) in [5.74, 6) is -1.27. The molecule has 1 N–H and O–H groups in total. The topological polar surface area (TPSA) is 59.4 Å². The lowest BCUT2D eigenvalue weighted by atomic mass is 10.6. The highest BCUT2D eigenvalue weighted by Gasteiger charge is 2.35. The first kappa shape index (κ1) is 8.73. The lowest BCUT2D eigenvalue weighted by molar-refractivity contribution is -0.144. The van der Waals surface area contributed by atoms with Crippen LogP contribution in [0.3, 0.4) is 0 Å². The van der Waals surface area contributed by atoms with E-state index < -0.39 is 12.0 Å². The Morgan fingerprint density at radius 1 is 1.36 bits per heavy atom. The molecule has 14 heavy (non-hydrogen) atoms. The Morgan fingerprint density at radius 2 is 2.14 bits per heavy atom. The second-order valence-corrected chi connectivity index (χ2v) is 2.43. The summed E-state index contributed by atoms with van der Waals surface area (Å²) in [6.07, 6.45) is -1.65. The van der Waals surface area contributed by atoms with Crippen molar-refractivity contribution < 1.29 is 13.2 Å². The van der Waals surface area contributed by atoms with Crippen LogP contribution in [0.5, 0.6) is 0 Å². The van der Waals surface area contributed by atoms with Crippen LogP contribution in [-0.4, -0.2) is 25.0 Å². The fraction of sp³-hybridized carbons (Fsp3) is 0.167. The summed E-state index contributed by atoms with van der Waals surface area (Å²) in [4.78, 5) is 3.23. The normalized spacial score (nSPS) is 11.9. The minimum absolute atomic E-state index is 0.137. The summed E-state index contributed by atoms with van der Waals surface area (Å²) in [5, 5.41) is 8.84. The van der Waals surface area contributed by atoms with Crippen molar-refractivity contribution in [2.45, 2.75) is 6.18 Å². The number of alkyl halides is 3. The third-order valence-corrected chi connectivity index (χ3v) is 1.45. The molecule has 0 unspecified atom stereocenters. The number of hydrogen-bond acceptors (Lipinski definition) is 3. The van der Waals surface area contributed by atoms with Gasteiger partial charge in [-0.3, -0.25) is 5.10 Å². The SMILES string of the molecule is FC(F)(F)c1nc(-n2cccn2)n[nH]1. The number of H-pyrrole nitrogens is 1. The number of halogens is 3. The van der Waals surface area contributed by atoms with Crippen molar-refractivity contribution in [3.8, 4) is 5.95 Å². The van der Waals surface area contributed by atoms with Crippen LogP contribution < -0.4 is 0 Å². The molecular formula is C6H4F3N5. The van der Waals surface area contributed by atoms with Gasteiger partial charge < -0.3 is 0 Å². The van der Waals surface area contributed by atoms with Crippen LogP contribution in [0.25, 0.3) is 5.95 Å². The number of nitrogens with one attached hydrogen (secondary N) is 1. The third-order valence-electron chi connectivity index (χ3n) is 1.45. The predicted octanol–water partition coefficient (Wildman–Crippen LogP) is 1.01. The van der Waals surface area contributed by atoms with Crippen molar-refractivity contribution in [1.29, 1.82) is 0 Å². The first-order valence-electron chi connectivity index (χ1n) is 3.57. The molecule has 0 aliphatic rings. The zero-order chi connectivity index (χ0) is 10.2. The highest BCUT2D eigenvalue weighted by molar-refractivity contribution is 5.09. The Kier molecular flexibility index (Phi) is 1.76. The molecule has 74 valence electrons. The Morgan fingerprint density at radius 3 is 2.64 bits per heavy atom. The maximum Gasteiger partial charge on any atom is 0.451 e. The maximum absolute atomic E-state index is 12.1. The lowest BCUT2D eigenvalue weighted by Gasteiger charge is -1.98. The molecule has 0 bridgehead atoms. The van der Waals surface area contributed by atoms with Gasteiger partial charge in [-0.1, -0.05) is 0 Å². The van der Waals surface area contributed by atoms with Crippen molar-refractivity contribution in [1.82, 2.24) is 25.0 Å². The summed E-state index contributed by atoms with van der Waals surface area (Å²) in [6, 6.07) is 1.56. The van der Waals surface area contributed by atoms with Gasteiger partial charge in [-0.05, 0) is 6.07 Å². The summed E-state index contributed by atoms with van der Waals surface area (Å²) in [7, 11) is 0. The van der Waals surface area contributed by atoms with Gasteiger partial charge >= 0.3 is 6.18 Å². The van der Waals surface area contributed by atoms with Crippen molar-refractivity contribution in [3.05, 3.63) is 24.3 Å². The van der Waals surface area contributed by atoms with Crippen molar-refractivity contribution >= 4 is 0 Å². The van der Waals surface area contributed by atoms with Crippen LogP contribution in [0.4, 0.5) is 13.2 Å². The molecule has 0 aliphatic carbocycles. The second-order valence-electron chi connectivity index (χ2n) is 2.43. The molecular weight excluding hydrogens is 199 g/mol. The highest BCUT2D eigenvalue weighted by Crippen LogP contribution is 2.25. The Labute approximate surface area is 75.6 Å². The third kappa shape index (κ3) is 1.45. The Balaban J connectivity index is 2.36. The van der Waals surface area contributed by atoms with Gasteiger partial charge in [-0.25, -0.2) is 4.68 Å². The van der Waals surface area contributed by atoms with Crippen LogP contribution in [0.2, 0.25) is 0 Å². The van der Waals surface area contributed by atoms with Gasteiger partial charge in [0.1, 0.15) is 0 Å². The first-order chi connectivity index (χ1) is 6.57. The van der Waals surface area contributed by atoms with Crippen LogP contribution >= 0.6 is 0 Å². The molecule has 2 rings (SSSR count). The fourth-order valence-electron chi connectivity index (χ4n) is 0.869. The van der Waals surface area contributed by atoms with Crippen LogP contribution in [0.15, 0.2) is 18.5 Å². The van der Waals surface area contributed by atoms with Crippen molar-refractivity contribution in [3.63, 3.8) is 0 Å². The van der Waals surface area contributed by atoms with Gasteiger partial charge in [0.05, 0.1) is 0 Å². The average molecular weight is 203 g/mol. The zero-order valence-corrected chi connectivity index (χ0v) is 6.65. The maximum atomic E-state index is 12.1. The van der Waals surface area contributed by atoms with E-state index in [2.05, 4.69) is 15.2 Å². The average Bonchev–Trinajstić information content (AvgIpc) is 2.73. The highest BCUT2D eigenvalue weighted by atomic mass is 19.4. The molecule has 0 saturated carbocycles. The molecule has 2 aromatic heterocycles. The van der Waals surface area contributed by atoms with Crippen molar-refractivity contribution in [2.24, 2.45) is 0 Å². The molecule has 0 aromatic carbocycles. The van der Waals surface area contributed by atoms with E-state index in [9.17, 15) is 13.2 Å². The summed E-state index contributed by atoms with van der Waals surface area (Å²) in [5.41, 5.74) is 0. The van der Waals surface area contributed by atoms with E-state index in [4.69, 9.17) is 0 Å². The molecule has 0 amide bonds. The van der Waals surface area contributed by atoms with E-state index in [1.165, 1.54) is 12.4 Å². The van der Waals surface area contributed by atoms with E-state index >= 15 is 0 Å². The summed E-state index contributed by atoms with van der Waals surface area (Å²) >= 11 is 0. The number of rotatable bonds is 1. The standard InChI is InChI=1S/C6H4F3N5/c7-6(8,9)4-11-5(13-12-4)14-3-1-2-10-14/h1-3H,(H,11,12,13). The monoisotopic (exact) mass is 203 g/mol. The van der Waals surface area contributed by atoms with Crippen LogP contribution in [0, 0.1) is 0 Å². The smallest absolute Gasteiger partial charge is 0.253 e. The molecule has 0 radical (unpaired) electrons. The lowest BCUT2D eigenvalue weighted by Crippen LogP contribution is -2.07. The van der Waals surface area contributed by atoms with Crippen LogP contribution in [-0.2, 0) is 6.18 Å². The second kappa shape index (κ2) is 2.82. The number of aromatic nitrogens is 5. The summed E-state index contributed by atoms with van der Waals surface area (Å²) in [6.45, 7) is 0. The largest absolute Gasteiger partial charge is 0.451 e. The van der Waals surface area contributed by atoms with Crippen LogP contribution in [0.1, 0.15) is 5.82 Å². The molecule has 8 heteroatoms. The molecule has 5 nitrogen and oxygen atoms in total. The predicted molar refractivity (Wildman–Crippen MR) is 38.5 cm³/mol. The Hall–Kier alpha value is -1.86. The number of aromatic amines is 1. The van der Waals surface area contributed by atoms with Gasteiger partial charge in [0.2, 0.25) is 5.82 Å². The van der Waals surface area contributed by atoms with E-state index in [0.29, 0.717) is 0 Å². The Bertz CT molecular complexity index is 415. The quantitative estimate of drug-likeness (QED) is 0.752. The van der Waals surface area contributed by atoms with Gasteiger partial charge in [-0.15, -0.1) is 5.10 Å². The van der Waals surface area contributed by atoms with Gasteiger partial charge in [-0.2, -0.15) is 23.3 Å². The summed E-state index contributed by atoms with van der Waals surface area (Å²) < 4.78 is 37.4. The van der Waals surface area contributed by atoms with Crippen molar-refractivity contribution in [2.75, 3.05) is 0 Å². The van der Waals surface area contributed by atoms with Gasteiger partial charge in [0, 0.05) is 12.4 Å². The van der Waals surface area contributed by atoms with Gasteiger partial charge in [0.15, 0.2) is 0 Å². The van der Waals surface area contributed by atoms with Gasteiger partial charge in [0.25, 0.3) is 5.95 Å². The molecule has 2 aromatic rings. The minimum Gasteiger partial charge on any atom is -0.253 e. The molecule has 0 spiro atoms. The number of hydrogen-bond donors (Lipinski definition) is 1. The molecule has 0 atom stereocenters. The molecule has 0 saturated heterocycles. The van der Waals surface area contributed by atoms with E-state index in [-0.39, 0.29) is 5.95 Å². The molecule has 0 fully saturated rings. The minimum atomic E-state index is -4.52. The van der Waals surface area contributed by atoms with E-state index in [1.54, 1.807) is 11.2 Å². The fourth-order valence-corrected chi connectivity index (χ4v) is 0.869. The number of nitrogens with zero attached hydrogens (tertiary/aromatic N) is 4. The zero-order valence-electron chi connectivity index (χ0n) is 6.65. The first-order valence-corrected chi connectivity index (χ1v) is 3.57. The van der Waals surface area contributed by atoms with E-state index in [1.807, 2.05) is 0 Å².